The molecule has 0 radical (unpaired) electrons. The predicted molar refractivity (Wildman–Crippen MR) is 66.0 cm³/mol. The Balaban J connectivity index is 2.92. The molecule has 0 aromatic rings. The van der Waals surface area contributed by atoms with Gasteiger partial charge in [0.1, 0.15) is 0 Å². The molecule has 2 aliphatic rings. The van der Waals surface area contributed by atoms with Crippen LogP contribution in [0.25, 0.3) is 0 Å². The van der Waals surface area contributed by atoms with Gasteiger partial charge in [0.05, 0.1) is 9.81 Å². The normalized spacial score (nSPS) is 26.3. The van der Waals surface area contributed by atoms with E-state index >= 15 is 0 Å². The molecule has 6 nitrogen and oxygen atoms in total. The van der Waals surface area contributed by atoms with Gasteiger partial charge in [-0.15, -0.1) is 0 Å². The highest BCUT2D eigenvalue weighted by atomic mass is 32.2. The maximum absolute atomic E-state index is 13.0. The van der Waals surface area contributed by atoms with Crippen LogP contribution in [0, 0.1) is 0 Å². The van der Waals surface area contributed by atoms with Crippen LogP contribution in [0.2, 0.25) is 0 Å². The molecular weight excluding hydrogens is 508 g/mol. The smallest absolute Gasteiger partial charge is 0.240 e. The van der Waals surface area contributed by atoms with Gasteiger partial charge in [-0.3, -0.25) is 0 Å². The van der Waals surface area contributed by atoms with Crippen LogP contribution in [0.5, 0.6) is 0 Å². The van der Waals surface area contributed by atoms with Crippen molar-refractivity contribution in [2.45, 2.75) is 48.7 Å². The Morgan fingerprint density at radius 1 is 0.533 bits per heavy atom. The van der Waals surface area contributed by atoms with Crippen molar-refractivity contribution in [3.8, 4) is 0 Å². The van der Waals surface area contributed by atoms with E-state index in [1.54, 1.807) is 0 Å². The van der Waals surface area contributed by atoms with Gasteiger partial charge < -0.3 is 0 Å². The van der Waals surface area contributed by atoms with Crippen molar-refractivity contribution in [2.24, 2.45) is 0 Å². The van der Waals surface area contributed by atoms with Crippen LogP contribution in [0.4, 0.5) is 52.7 Å². The predicted octanol–water partition coefficient (Wildman–Crippen LogP) is 3.42. The Kier molecular flexibility index (Phi) is 5.12. The van der Waals surface area contributed by atoms with Crippen molar-refractivity contribution >= 4 is 20.2 Å². The molecular formula is C10H4F12O6S2. The van der Waals surface area contributed by atoms with E-state index in [1.807, 2.05) is 0 Å². The molecule has 0 spiro atoms. The van der Waals surface area contributed by atoms with Crippen LogP contribution in [0.3, 0.4) is 0 Å². The van der Waals surface area contributed by atoms with Crippen LogP contribution in [-0.4, -0.2) is 52.7 Å². The third-order valence-corrected chi connectivity index (χ3v) is 7.19. The Labute approximate surface area is 157 Å². The zero-order valence-electron chi connectivity index (χ0n) is 13.2. The molecule has 0 bridgehead atoms. The molecule has 0 amide bonds. The first kappa shape index (κ1) is 25.0. The molecule has 0 saturated carbocycles. The molecule has 0 fully saturated rings. The molecule has 2 aliphatic heterocycles. The highest BCUT2D eigenvalue weighted by molar-refractivity contribution is 7.95. The standard InChI is InChI=1S/C10H4F12O6S2/c11-7(12,13)5(8(14,15)16)1-3-4(30(25,26)27-5)2-6(9(17,18)19,10(20,21)22)28-29(3,23)24/h1-2H2. The summed E-state index contributed by atoms with van der Waals surface area (Å²) >= 11 is 0. The van der Waals surface area contributed by atoms with Gasteiger partial charge in [0.15, 0.2) is 0 Å². The number of hydrogen-bond donors (Lipinski definition) is 0. The van der Waals surface area contributed by atoms with Gasteiger partial charge in [-0.05, 0) is 0 Å². The lowest BCUT2D eigenvalue weighted by molar-refractivity contribution is -0.362. The Morgan fingerprint density at radius 3 is 0.900 bits per heavy atom. The first-order valence-corrected chi connectivity index (χ1v) is 9.56. The van der Waals surface area contributed by atoms with Gasteiger partial charge in [0.25, 0.3) is 31.4 Å². The lowest BCUT2D eigenvalue weighted by atomic mass is 9.94. The molecule has 30 heavy (non-hydrogen) atoms. The van der Waals surface area contributed by atoms with Crippen molar-refractivity contribution < 1.29 is 77.9 Å². The quantitative estimate of drug-likeness (QED) is 0.366. The first-order chi connectivity index (χ1) is 12.8. The molecule has 0 N–H and O–H groups in total. The summed E-state index contributed by atoms with van der Waals surface area (Å²) in [5.74, 6) is 0. The molecule has 0 aromatic heterocycles. The Bertz CT molecular complexity index is 870. The SMILES string of the molecule is O=S1(=O)OC(C(F)(F)F)(C(F)(F)F)CC2=C1CC(C(F)(F)F)(C(F)(F)F)OS2(=O)=O. The van der Waals surface area contributed by atoms with E-state index in [4.69, 9.17) is 0 Å². The summed E-state index contributed by atoms with van der Waals surface area (Å²) in [6.07, 6.45) is -32.9. The van der Waals surface area contributed by atoms with Crippen LogP contribution in [-0.2, 0) is 28.6 Å². The number of hydrogen-bond acceptors (Lipinski definition) is 6. The van der Waals surface area contributed by atoms with Crippen molar-refractivity contribution in [1.82, 2.24) is 0 Å². The van der Waals surface area contributed by atoms with E-state index in [2.05, 4.69) is 8.37 Å². The van der Waals surface area contributed by atoms with Gasteiger partial charge >= 0.3 is 24.7 Å². The molecule has 0 unspecified atom stereocenters. The molecule has 2 heterocycles. The summed E-state index contributed by atoms with van der Waals surface area (Å²) in [4.78, 5) is -5.18. The molecule has 20 heteroatoms. The molecule has 0 saturated heterocycles. The van der Waals surface area contributed by atoms with Gasteiger partial charge in [-0.1, -0.05) is 0 Å². The van der Waals surface area contributed by atoms with E-state index in [9.17, 15) is 69.5 Å². The Morgan fingerprint density at radius 2 is 0.733 bits per heavy atom. The minimum Gasteiger partial charge on any atom is -0.240 e. The highest BCUT2D eigenvalue weighted by Gasteiger charge is 2.81. The fourth-order valence-corrected chi connectivity index (χ4v) is 6.07. The summed E-state index contributed by atoms with van der Waals surface area (Å²) < 4.78 is 210. The van der Waals surface area contributed by atoms with E-state index in [-0.39, 0.29) is 0 Å². The van der Waals surface area contributed by atoms with Gasteiger partial charge in [0, 0.05) is 12.8 Å². The van der Waals surface area contributed by atoms with Crippen LogP contribution in [0.15, 0.2) is 9.81 Å². The van der Waals surface area contributed by atoms with Crippen molar-refractivity contribution in [2.75, 3.05) is 0 Å². The molecule has 0 aliphatic carbocycles. The maximum Gasteiger partial charge on any atom is 0.428 e. The second kappa shape index (κ2) is 6.15. The summed E-state index contributed by atoms with van der Waals surface area (Å²) in [7, 11) is -13.5. The first-order valence-electron chi connectivity index (χ1n) is 6.75. The van der Waals surface area contributed by atoms with Gasteiger partial charge in [-0.2, -0.15) is 69.5 Å². The third kappa shape index (κ3) is 3.34. The topological polar surface area (TPSA) is 86.7 Å². The fraction of sp³-hybridized carbons (Fsp3) is 0.800. The zero-order valence-corrected chi connectivity index (χ0v) is 14.8. The lowest BCUT2D eigenvalue weighted by Gasteiger charge is -2.44. The van der Waals surface area contributed by atoms with Crippen LogP contribution in [0.1, 0.15) is 12.8 Å². The number of halogens is 12. The Hall–Kier alpha value is -1.28. The number of rotatable bonds is 0. The van der Waals surface area contributed by atoms with E-state index in [1.165, 1.54) is 0 Å². The van der Waals surface area contributed by atoms with Crippen molar-refractivity contribution in [3.63, 3.8) is 0 Å². The van der Waals surface area contributed by atoms with E-state index in [0.29, 0.717) is 0 Å². The van der Waals surface area contributed by atoms with Crippen molar-refractivity contribution in [1.29, 1.82) is 0 Å². The second-order valence-electron chi connectivity index (χ2n) is 5.92. The molecule has 0 aromatic carbocycles. The van der Waals surface area contributed by atoms with E-state index < -0.39 is 78.8 Å². The van der Waals surface area contributed by atoms with Gasteiger partial charge in [0.2, 0.25) is 0 Å². The molecule has 176 valence electrons. The molecule has 2 rings (SSSR count). The maximum atomic E-state index is 13.0. The van der Waals surface area contributed by atoms with E-state index in [0.717, 1.165) is 0 Å². The monoisotopic (exact) mass is 512 g/mol. The average Bonchev–Trinajstić information content (AvgIpc) is 2.41. The number of alkyl halides is 12. The highest BCUT2D eigenvalue weighted by Crippen LogP contribution is 2.60. The zero-order chi connectivity index (χ0) is 24.0. The largest absolute Gasteiger partial charge is 0.428 e. The summed E-state index contributed by atoms with van der Waals surface area (Å²) in [5.41, 5.74) is -11.6. The minimum atomic E-state index is -6.74. The third-order valence-electron chi connectivity index (χ3n) is 4.07. The van der Waals surface area contributed by atoms with Crippen molar-refractivity contribution in [3.05, 3.63) is 9.81 Å². The lowest BCUT2D eigenvalue weighted by Crippen LogP contribution is -2.65. The fourth-order valence-electron chi connectivity index (χ4n) is 2.55. The minimum absolute atomic E-state index is 2.59. The summed E-state index contributed by atoms with van der Waals surface area (Å²) in [5, 5.41) is 0. The summed E-state index contributed by atoms with van der Waals surface area (Å²) in [6, 6.07) is 0. The van der Waals surface area contributed by atoms with Gasteiger partial charge in [-0.25, -0.2) is 8.37 Å². The van der Waals surface area contributed by atoms with Crippen LogP contribution >= 0.6 is 0 Å². The molecule has 0 atom stereocenters. The second-order valence-corrected chi connectivity index (χ2v) is 9.06. The summed E-state index contributed by atoms with van der Waals surface area (Å²) in [6.45, 7) is 0. The average molecular weight is 512 g/mol. The van der Waals surface area contributed by atoms with Crippen LogP contribution < -0.4 is 0 Å².